The highest BCUT2D eigenvalue weighted by atomic mass is 35.5. The summed E-state index contributed by atoms with van der Waals surface area (Å²) >= 11 is 5.88. The molecule has 5 nitrogen and oxygen atoms in total. The molecule has 0 saturated carbocycles. The molecular formula is C19H20ClNO4. The minimum absolute atomic E-state index is 0.0827. The quantitative estimate of drug-likeness (QED) is 0.361. The number of hydrogen-bond donors (Lipinski definition) is 4. The van der Waals surface area contributed by atoms with Gasteiger partial charge in [-0.15, -0.1) is 0 Å². The molecule has 0 spiro atoms. The van der Waals surface area contributed by atoms with Crippen molar-refractivity contribution in [3.63, 3.8) is 0 Å². The summed E-state index contributed by atoms with van der Waals surface area (Å²) in [4.78, 5) is 11.2. The zero-order chi connectivity index (χ0) is 18.4. The number of aliphatic hydroxyl groups excluding tert-OH is 2. The lowest BCUT2D eigenvalue weighted by molar-refractivity contribution is -0.125. The smallest absolute Gasteiger partial charge is 0.269 e. The van der Waals surface area contributed by atoms with Crippen LogP contribution >= 0.6 is 11.6 Å². The van der Waals surface area contributed by atoms with Crippen molar-refractivity contribution in [1.82, 2.24) is 5.48 Å². The van der Waals surface area contributed by atoms with E-state index in [2.05, 4.69) is 0 Å². The fraction of sp³-hybridized carbons (Fsp3) is 0.211. The fourth-order valence-electron chi connectivity index (χ4n) is 2.34. The average molecular weight is 362 g/mol. The molecule has 6 heteroatoms. The Morgan fingerprint density at radius 2 is 1.60 bits per heavy atom. The maximum absolute atomic E-state index is 11.2. The van der Waals surface area contributed by atoms with Crippen LogP contribution in [0.25, 0.3) is 11.1 Å². The zero-order valence-electron chi connectivity index (χ0n) is 13.7. The summed E-state index contributed by atoms with van der Waals surface area (Å²) in [5.41, 5.74) is 4.31. The first-order valence-electron chi connectivity index (χ1n) is 7.75. The van der Waals surface area contributed by atoms with Crippen molar-refractivity contribution < 1.29 is 20.2 Å². The number of aliphatic hydroxyl groups is 2. The van der Waals surface area contributed by atoms with E-state index in [1.54, 1.807) is 24.3 Å². The third-order valence-electron chi connectivity index (χ3n) is 3.92. The highest BCUT2D eigenvalue weighted by Crippen LogP contribution is 2.25. The molecule has 0 bridgehead atoms. The molecule has 2 aromatic carbocycles. The van der Waals surface area contributed by atoms with Gasteiger partial charge in [-0.2, -0.15) is 0 Å². The van der Waals surface area contributed by atoms with Crippen molar-refractivity contribution in [2.75, 3.05) is 0 Å². The van der Waals surface area contributed by atoms with Crippen LogP contribution in [-0.4, -0.2) is 27.4 Å². The number of nitrogens with one attached hydrogen (secondary N) is 1. The van der Waals surface area contributed by atoms with Gasteiger partial charge in [-0.05, 0) is 42.2 Å². The largest absolute Gasteiger partial charge is 0.390 e. The lowest BCUT2D eigenvalue weighted by atomic mass is 9.98. The van der Waals surface area contributed by atoms with Gasteiger partial charge < -0.3 is 10.2 Å². The molecule has 2 aromatic rings. The Balaban J connectivity index is 2.05. The zero-order valence-corrected chi connectivity index (χ0v) is 14.4. The molecule has 1 amide bonds. The fourth-order valence-corrected chi connectivity index (χ4v) is 2.47. The molecule has 4 N–H and O–H groups in total. The van der Waals surface area contributed by atoms with E-state index < -0.39 is 18.1 Å². The van der Waals surface area contributed by atoms with Gasteiger partial charge in [0.1, 0.15) is 6.10 Å². The van der Waals surface area contributed by atoms with E-state index in [4.69, 9.17) is 16.8 Å². The Bertz CT molecular complexity index is 741. The third-order valence-corrected chi connectivity index (χ3v) is 4.17. The first kappa shape index (κ1) is 19.1. The standard InChI is InChI=1S/C19H20ClNO4/c1-12(19(24)21-25)2-11-17(22)18(23)15-5-3-13(4-6-15)14-7-9-16(20)10-8-14/h2-10,17-18,22-23,25H,11H2,1H3,(H,21,24)/b12-2+. The van der Waals surface area contributed by atoms with E-state index in [0.29, 0.717) is 10.6 Å². The number of rotatable bonds is 6. The Labute approximate surface area is 151 Å². The second kappa shape index (κ2) is 8.78. The Morgan fingerprint density at radius 3 is 2.12 bits per heavy atom. The van der Waals surface area contributed by atoms with Gasteiger partial charge in [0.2, 0.25) is 0 Å². The minimum atomic E-state index is -1.08. The van der Waals surface area contributed by atoms with Crippen molar-refractivity contribution in [2.24, 2.45) is 0 Å². The van der Waals surface area contributed by atoms with Gasteiger partial charge in [0.05, 0.1) is 6.10 Å². The molecule has 2 unspecified atom stereocenters. The number of hydrogen-bond acceptors (Lipinski definition) is 4. The molecule has 0 aromatic heterocycles. The molecule has 0 fully saturated rings. The van der Waals surface area contributed by atoms with Gasteiger partial charge in [0.15, 0.2) is 0 Å². The van der Waals surface area contributed by atoms with E-state index >= 15 is 0 Å². The first-order chi connectivity index (χ1) is 11.9. The molecule has 2 rings (SSSR count). The summed E-state index contributed by atoms with van der Waals surface area (Å²) in [7, 11) is 0. The van der Waals surface area contributed by atoms with Crippen molar-refractivity contribution in [3.05, 3.63) is 70.8 Å². The number of hydroxylamine groups is 1. The Morgan fingerprint density at radius 1 is 1.08 bits per heavy atom. The van der Waals surface area contributed by atoms with E-state index in [1.807, 2.05) is 24.3 Å². The second-order valence-electron chi connectivity index (χ2n) is 5.70. The Kier molecular flexibility index (Phi) is 6.73. The van der Waals surface area contributed by atoms with Crippen LogP contribution in [0.3, 0.4) is 0 Å². The molecule has 25 heavy (non-hydrogen) atoms. The molecule has 0 radical (unpaired) electrons. The van der Waals surface area contributed by atoms with E-state index in [0.717, 1.165) is 11.1 Å². The second-order valence-corrected chi connectivity index (χ2v) is 6.14. The van der Waals surface area contributed by atoms with Crippen LogP contribution in [0.1, 0.15) is 25.0 Å². The van der Waals surface area contributed by atoms with Crippen LogP contribution in [0.4, 0.5) is 0 Å². The predicted molar refractivity (Wildman–Crippen MR) is 96.2 cm³/mol. The van der Waals surface area contributed by atoms with E-state index in [-0.39, 0.29) is 12.0 Å². The highest BCUT2D eigenvalue weighted by molar-refractivity contribution is 6.30. The van der Waals surface area contributed by atoms with Gasteiger partial charge in [-0.1, -0.05) is 54.1 Å². The summed E-state index contributed by atoms with van der Waals surface area (Å²) in [6.45, 7) is 1.51. The number of carbonyl (C=O) groups excluding carboxylic acids is 1. The summed E-state index contributed by atoms with van der Waals surface area (Å²) < 4.78 is 0. The lowest BCUT2D eigenvalue weighted by Gasteiger charge is -2.17. The van der Waals surface area contributed by atoms with Crippen molar-refractivity contribution in [2.45, 2.75) is 25.6 Å². The number of carbonyl (C=O) groups is 1. The molecule has 2 atom stereocenters. The highest BCUT2D eigenvalue weighted by Gasteiger charge is 2.18. The van der Waals surface area contributed by atoms with Crippen LogP contribution in [0, 0.1) is 0 Å². The molecule has 0 aliphatic carbocycles. The maximum Gasteiger partial charge on any atom is 0.269 e. The van der Waals surface area contributed by atoms with Crippen molar-refractivity contribution in [3.8, 4) is 11.1 Å². The van der Waals surface area contributed by atoms with Crippen LogP contribution in [0.2, 0.25) is 5.02 Å². The van der Waals surface area contributed by atoms with E-state index in [1.165, 1.54) is 18.5 Å². The van der Waals surface area contributed by atoms with Gasteiger partial charge >= 0.3 is 0 Å². The molecule has 0 saturated heterocycles. The third kappa shape index (κ3) is 5.14. The van der Waals surface area contributed by atoms with Crippen LogP contribution < -0.4 is 5.48 Å². The molecule has 0 heterocycles. The van der Waals surface area contributed by atoms with Gasteiger partial charge in [-0.3, -0.25) is 10.0 Å². The summed E-state index contributed by atoms with van der Waals surface area (Å²) in [5.74, 6) is -0.644. The van der Waals surface area contributed by atoms with Crippen LogP contribution in [-0.2, 0) is 4.79 Å². The topological polar surface area (TPSA) is 89.8 Å². The SMILES string of the molecule is C/C(=C\CC(O)C(O)c1ccc(-c2ccc(Cl)cc2)cc1)C(=O)NO. The number of halogens is 1. The van der Waals surface area contributed by atoms with Gasteiger partial charge in [0.25, 0.3) is 5.91 Å². The maximum atomic E-state index is 11.2. The first-order valence-corrected chi connectivity index (χ1v) is 8.13. The van der Waals surface area contributed by atoms with Crippen molar-refractivity contribution in [1.29, 1.82) is 0 Å². The monoisotopic (exact) mass is 361 g/mol. The normalized spacial score (nSPS) is 14.0. The number of amides is 1. The molecule has 132 valence electrons. The predicted octanol–water partition coefficient (Wildman–Crippen LogP) is 3.24. The molecule has 0 aliphatic heterocycles. The van der Waals surface area contributed by atoms with Crippen molar-refractivity contribution >= 4 is 17.5 Å². The molecular weight excluding hydrogens is 342 g/mol. The van der Waals surface area contributed by atoms with Gasteiger partial charge in [-0.25, -0.2) is 5.48 Å². The van der Waals surface area contributed by atoms with Crippen LogP contribution in [0.5, 0.6) is 0 Å². The Hall–Kier alpha value is -2.18. The van der Waals surface area contributed by atoms with Gasteiger partial charge in [0, 0.05) is 10.6 Å². The summed E-state index contributed by atoms with van der Waals surface area (Å²) in [6, 6.07) is 14.6. The molecule has 0 aliphatic rings. The van der Waals surface area contributed by atoms with Crippen LogP contribution in [0.15, 0.2) is 60.2 Å². The lowest BCUT2D eigenvalue weighted by Crippen LogP contribution is -2.21. The summed E-state index contributed by atoms with van der Waals surface area (Å²) in [6.07, 6.45) is -0.607. The summed E-state index contributed by atoms with van der Waals surface area (Å²) in [5, 5.41) is 29.5. The number of benzene rings is 2. The average Bonchev–Trinajstić information content (AvgIpc) is 2.65. The minimum Gasteiger partial charge on any atom is -0.390 e. The van der Waals surface area contributed by atoms with E-state index in [9.17, 15) is 15.0 Å².